The van der Waals surface area contributed by atoms with Crippen LogP contribution in [0.1, 0.15) is 6.42 Å². The lowest BCUT2D eigenvalue weighted by Crippen LogP contribution is -2.47. The van der Waals surface area contributed by atoms with Crippen LogP contribution in [-0.4, -0.2) is 49.2 Å². The van der Waals surface area contributed by atoms with Crippen molar-refractivity contribution in [2.45, 2.75) is 6.42 Å². The molecule has 0 amide bonds. The van der Waals surface area contributed by atoms with Crippen LogP contribution >= 0.6 is 0 Å². The lowest BCUT2D eigenvalue weighted by molar-refractivity contribution is 0.255. The number of piperazine rings is 1. The van der Waals surface area contributed by atoms with Crippen LogP contribution in [0, 0.1) is 5.95 Å². The van der Waals surface area contributed by atoms with E-state index in [1.807, 2.05) is 6.07 Å². The number of hydrogen-bond acceptors (Lipinski definition) is 4. The molecule has 2 rings (SSSR count). The number of pyridine rings is 1. The van der Waals surface area contributed by atoms with Crippen molar-refractivity contribution in [3.05, 3.63) is 24.1 Å². The van der Waals surface area contributed by atoms with Crippen LogP contribution in [0.15, 0.2) is 18.2 Å². The number of aromatic nitrogens is 1. The van der Waals surface area contributed by atoms with E-state index in [1.54, 1.807) is 6.07 Å². The minimum atomic E-state index is -0.409. The highest BCUT2D eigenvalue weighted by molar-refractivity contribution is 5.38. The largest absolute Gasteiger partial charge is 0.354 e. The van der Waals surface area contributed by atoms with E-state index in [1.165, 1.54) is 6.07 Å². The van der Waals surface area contributed by atoms with Crippen molar-refractivity contribution in [2.24, 2.45) is 5.73 Å². The monoisotopic (exact) mass is 238 g/mol. The third-order valence-electron chi connectivity index (χ3n) is 3.08. The Bertz CT molecular complexity index is 350. The van der Waals surface area contributed by atoms with E-state index >= 15 is 0 Å². The normalized spacial score (nSPS) is 17.4. The second kappa shape index (κ2) is 5.93. The summed E-state index contributed by atoms with van der Waals surface area (Å²) >= 11 is 0. The molecule has 1 aliphatic heterocycles. The van der Waals surface area contributed by atoms with E-state index in [9.17, 15) is 4.39 Å². The molecule has 2 N–H and O–H groups in total. The molecule has 0 aromatic carbocycles. The molecule has 5 heteroatoms. The molecular formula is C12H19FN4. The Morgan fingerprint density at radius 3 is 2.65 bits per heavy atom. The quantitative estimate of drug-likeness (QED) is 0.784. The standard InChI is InChI=1S/C12H19FN4/c13-11-3-1-4-12(15-11)17-9-7-16(8-10-17)6-2-5-14/h1,3-4H,2,5-10,14H2. The summed E-state index contributed by atoms with van der Waals surface area (Å²) in [5.74, 6) is 0.330. The number of anilines is 1. The van der Waals surface area contributed by atoms with Crippen molar-refractivity contribution in [3.63, 3.8) is 0 Å². The van der Waals surface area contributed by atoms with Crippen LogP contribution in [0.25, 0.3) is 0 Å². The van der Waals surface area contributed by atoms with E-state index in [4.69, 9.17) is 5.73 Å². The predicted octanol–water partition coefficient (Wildman–Crippen LogP) is 0.692. The van der Waals surface area contributed by atoms with Gasteiger partial charge in [-0.2, -0.15) is 4.39 Å². The van der Waals surface area contributed by atoms with Crippen molar-refractivity contribution in [1.82, 2.24) is 9.88 Å². The van der Waals surface area contributed by atoms with Crippen molar-refractivity contribution in [2.75, 3.05) is 44.2 Å². The van der Waals surface area contributed by atoms with E-state index in [-0.39, 0.29) is 0 Å². The van der Waals surface area contributed by atoms with Crippen LogP contribution in [0.4, 0.5) is 10.2 Å². The van der Waals surface area contributed by atoms with Crippen molar-refractivity contribution < 1.29 is 4.39 Å². The predicted molar refractivity (Wildman–Crippen MR) is 66.5 cm³/mol. The maximum absolute atomic E-state index is 13.0. The van der Waals surface area contributed by atoms with Gasteiger partial charge in [-0.3, -0.25) is 4.90 Å². The smallest absolute Gasteiger partial charge is 0.214 e. The molecule has 1 fully saturated rings. The van der Waals surface area contributed by atoms with Gasteiger partial charge in [0.05, 0.1) is 0 Å². The van der Waals surface area contributed by atoms with Gasteiger partial charge in [0.2, 0.25) is 5.95 Å². The summed E-state index contributed by atoms with van der Waals surface area (Å²) in [6.07, 6.45) is 1.04. The Labute approximate surface area is 101 Å². The summed E-state index contributed by atoms with van der Waals surface area (Å²) in [6.45, 7) is 5.60. The first-order chi connectivity index (χ1) is 8.29. The molecule has 4 nitrogen and oxygen atoms in total. The lowest BCUT2D eigenvalue weighted by Gasteiger charge is -2.35. The third-order valence-corrected chi connectivity index (χ3v) is 3.08. The van der Waals surface area contributed by atoms with Crippen LogP contribution in [-0.2, 0) is 0 Å². The number of nitrogens with zero attached hydrogens (tertiary/aromatic N) is 3. The summed E-state index contributed by atoms with van der Waals surface area (Å²) in [5, 5.41) is 0. The average molecular weight is 238 g/mol. The molecule has 0 radical (unpaired) electrons. The number of halogens is 1. The molecule has 1 saturated heterocycles. The fourth-order valence-electron chi connectivity index (χ4n) is 2.09. The van der Waals surface area contributed by atoms with Gasteiger partial charge in [-0.1, -0.05) is 6.07 Å². The zero-order valence-electron chi connectivity index (χ0n) is 9.98. The van der Waals surface area contributed by atoms with Gasteiger partial charge in [-0.25, -0.2) is 4.98 Å². The molecule has 1 aromatic rings. The molecule has 0 saturated carbocycles. The fourth-order valence-corrected chi connectivity index (χ4v) is 2.09. The third kappa shape index (κ3) is 3.38. The summed E-state index contributed by atoms with van der Waals surface area (Å²) in [6, 6.07) is 4.94. The van der Waals surface area contributed by atoms with E-state index in [2.05, 4.69) is 14.8 Å². The maximum atomic E-state index is 13.0. The van der Waals surface area contributed by atoms with Gasteiger partial charge in [-0.15, -0.1) is 0 Å². The zero-order valence-corrected chi connectivity index (χ0v) is 9.98. The second-order valence-corrected chi connectivity index (χ2v) is 4.29. The summed E-state index contributed by atoms with van der Waals surface area (Å²) in [5.41, 5.74) is 5.49. The van der Waals surface area contributed by atoms with Crippen molar-refractivity contribution in [1.29, 1.82) is 0 Å². The van der Waals surface area contributed by atoms with Gasteiger partial charge in [0.1, 0.15) is 5.82 Å². The van der Waals surface area contributed by atoms with Gasteiger partial charge < -0.3 is 10.6 Å². The number of hydrogen-bond donors (Lipinski definition) is 1. The Kier molecular flexibility index (Phi) is 4.28. The maximum Gasteiger partial charge on any atom is 0.214 e. The Morgan fingerprint density at radius 2 is 2.00 bits per heavy atom. The van der Waals surface area contributed by atoms with E-state index in [0.717, 1.165) is 51.5 Å². The summed E-state index contributed by atoms with van der Waals surface area (Å²) in [4.78, 5) is 8.42. The van der Waals surface area contributed by atoms with Gasteiger partial charge in [0.25, 0.3) is 0 Å². The average Bonchev–Trinajstić information content (AvgIpc) is 2.37. The molecule has 0 bridgehead atoms. The molecule has 0 aliphatic carbocycles. The van der Waals surface area contributed by atoms with Gasteiger partial charge in [0.15, 0.2) is 0 Å². The molecule has 1 aliphatic rings. The highest BCUT2D eigenvalue weighted by atomic mass is 19.1. The molecule has 0 unspecified atom stereocenters. The summed E-state index contributed by atoms with van der Waals surface area (Å²) in [7, 11) is 0. The van der Waals surface area contributed by atoms with Crippen LogP contribution < -0.4 is 10.6 Å². The van der Waals surface area contributed by atoms with Crippen LogP contribution in [0.5, 0.6) is 0 Å². The minimum absolute atomic E-state index is 0.409. The molecular weight excluding hydrogens is 219 g/mol. The van der Waals surface area contributed by atoms with E-state index < -0.39 is 5.95 Å². The molecule has 17 heavy (non-hydrogen) atoms. The number of rotatable bonds is 4. The first-order valence-electron chi connectivity index (χ1n) is 6.09. The zero-order chi connectivity index (χ0) is 12.1. The van der Waals surface area contributed by atoms with Gasteiger partial charge in [-0.05, 0) is 31.6 Å². The molecule has 1 aromatic heterocycles. The number of nitrogens with two attached hydrogens (primary N) is 1. The summed E-state index contributed by atoms with van der Waals surface area (Å²) < 4.78 is 13.0. The first-order valence-corrected chi connectivity index (χ1v) is 6.09. The lowest BCUT2D eigenvalue weighted by atomic mass is 10.3. The molecule has 0 atom stereocenters. The Morgan fingerprint density at radius 1 is 1.24 bits per heavy atom. The Hall–Kier alpha value is -1.20. The van der Waals surface area contributed by atoms with Crippen molar-refractivity contribution in [3.8, 4) is 0 Å². The van der Waals surface area contributed by atoms with Crippen molar-refractivity contribution >= 4 is 5.82 Å². The first kappa shape index (κ1) is 12.3. The SMILES string of the molecule is NCCCN1CCN(c2cccc(F)n2)CC1. The Balaban J connectivity index is 1.86. The second-order valence-electron chi connectivity index (χ2n) is 4.29. The van der Waals surface area contributed by atoms with Gasteiger partial charge in [0, 0.05) is 26.2 Å². The van der Waals surface area contributed by atoms with Gasteiger partial charge >= 0.3 is 0 Å². The molecule has 0 spiro atoms. The highest BCUT2D eigenvalue weighted by Gasteiger charge is 2.17. The van der Waals surface area contributed by atoms with Crippen LogP contribution in [0.2, 0.25) is 0 Å². The highest BCUT2D eigenvalue weighted by Crippen LogP contribution is 2.13. The topological polar surface area (TPSA) is 45.4 Å². The van der Waals surface area contributed by atoms with Crippen LogP contribution in [0.3, 0.4) is 0 Å². The fraction of sp³-hybridized carbons (Fsp3) is 0.583. The molecule has 94 valence electrons. The molecule has 2 heterocycles. The van der Waals surface area contributed by atoms with E-state index in [0.29, 0.717) is 0 Å². The minimum Gasteiger partial charge on any atom is -0.354 e.